The van der Waals surface area contributed by atoms with Crippen LogP contribution in [-0.2, 0) is 17.3 Å². The molecule has 9 heteroatoms. The lowest BCUT2D eigenvalue weighted by molar-refractivity contribution is -0.137. The van der Waals surface area contributed by atoms with Gasteiger partial charge in [0.05, 0.1) is 17.9 Å². The first-order valence-corrected chi connectivity index (χ1v) is 11.3. The number of methoxy groups -OCH3 is 1. The number of hydrogen-bond donors (Lipinski definition) is 2. The molecule has 0 saturated heterocycles. The van der Waals surface area contributed by atoms with E-state index in [1.165, 1.54) is 12.1 Å². The highest BCUT2D eigenvalue weighted by Crippen LogP contribution is 2.43. The number of thioether (sulfide) groups is 1. The Morgan fingerprint density at radius 3 is 2.58 bits per heavy atom. The first-order valence-electron chi connectivity index (χ1n) is 10.4. The molecule has 1 aromatic heterocycles. The number of halogens is 3. The van der Waals surface area contributed by atoms with E-state index in [1.54, 1.807) is 25.1 Å². The summed E-state index contributed by atoms with van der Waals surface area (Å²) in [4.78, 5) is 7.21. The fourth-order valence-corrected chi connectivity index (χ4v) is 5.10. The highest BCUT2D eigenvalue weighted by atomic mass is 32.2. The van der Waals surface area contributed by atoms with Crippen molar-refractivity contribution >= 4 is 27.4 Å². The second-order valence-corrected chi connectivity index (χ2v) is 9.09. The smallest absolute Gasteiger partial charge is 0.378 e. The van der Waals surface area contributed by atoms with Crippen molar-refractivity contribution in [2.24, 2.45) is 11.5 Å². The Labute approximate surface area is 194 Å². The summed E-state index contributed by atoms with van der Waals surface area (Å²) >= 11 is 1.54. The Bertz CT molecular complexity index is 1150. The standard InChI is InChI=1S/C24H25F3N4OS/c1-32-14-21-22(17-4-5-18-12-30-9-8-16(18)11-17)33-23(29)31(21)13-20(28)10-15-2-6-19(7-3-15)24(25,26)27/h2-9,11-12,20,23H,10,13-14,28-29H2,1H3/t20-,23?/m1/s1. The molecule has 4 rings (SSSR count). The summed E-state index contributed by atoms with van der Waals surface area (Å²) in [6.07, 6.45) is -0.333. The summed E-state index contributed by atoms with van der Waals surface area (Å²) in [5.74, 6) is 0. The molecule has 5 nitrogen and oxygen atoms in total. The SMILES string of the molecule is COCC1=C(c2ccc3cnccc3c2)SC(N)N1C[C@H](N)Cc1ccc(C(F)(F)F)cc1. The lowest BCUT2D eigenvalue weighted by atomic mass is 10.0. The molecule has 0 saturated carbocycles. The molecule has 1 aliphatic rings. The number of alkyl halides is 3. The molecule has 2 heterocycles. The number of ether oxygens (including phenoxy) is 1. The van der Waals surface area contributed by atoms with E-state index in [0.29, 0.717) is 19.6 Å². The quantitative estimate of drug-likeness (QED) is 0.528. The van der Waals surface area contributed by atoms with Gasteiger partial charge in [0.2, 0.25) is 0 Å². The zero-order valence-electron chi connectivity index (χ0n) is 18.0. The van der Waals surface area contributed by atoms with E-state index >= 15 is 0 Å². The van der Waals surface area contributed by atoms with Gasteiger partial charge in [0.1, 0.15) is 5.50 Å². The monoisotopic (exact) mass is 474 g/mol. The third kappa shape index (κ3) is 5.33. The van der Waals surface area contributed by atoms with Gasteiger partial charge in [-0.15, -0.1) is 0 Å². The summed E-state index contributed by atoms with van der Waals surface area (Å²) in [7, 11) is 1.63. The van der Waals surface area contributed by atoms with Crippen LogP contribution in [0.5, 0.6) is 0 Å². The molecule has 0 spiro atoms. The summed E-state index contributed by atoms with van der Waals surface area (Å²) in [5, 5.41) is 2.14. The molecule has 2 aromatic carbocycles. The predicted molar refractivity (Wildman–Crippen MR) is 126 cm³/mol. The number of fused-ring (bicyclic) bond motifs is 1. The summed E-state index contributed by atoms with van der Waals surface area (Å²) < 4.78 is 43.9. The van der Waals surface area contributed by atoms with Gasteiger partial charge in [0, 0.05) is 42.4 Å². The maximum Gasteiger partial charge on any atom is 0.416 e. The van der Waals surface area contributed by atoms with Crippen LogP contribution in [0.1, 0.15) is 16.7 Å². The maximum absolute atomic E-state index is 12.8. The van der Waals surface area contributed by atoms with Gasteiger partial charge in [-0.1, -0.05) is 36.0 Å². The minimum Gasteiger partial charge on any atom is -0.378 e. The van der Waals surface area contributed by atoms with Gasteiger partial charge in [0.15, 0.2) is 0 Å². The highest BCUT2D eigenvalue weighted by molar-refractivity contribution is 8.09. The molecule has 0 aliphatic carbocycles. The van der Waals surface area contributed by atoms with Gasteiger partial charge in [-0.05, 0) is 47.2 Å². The number of rotatable bonds is 7. The summed E-state index contributed by atoms with van der Waals surface area (Å²) in [6.45, 7) is 0.826. The van der Waals surface area contributed by atoms with Gasteiger partial charge < -0.3 is 21.1 Å². The first kappa shape index (κ1) is 23.6. The van der Waals surface area contributed by atoms with Crippen LogP contribution in [-0.4, -0.2) is 41.7 Å². The van der Waals surface area contributed by atoms with Crippen LogP contribution in [0.2, 0.25) is 0 Å². The van der Waals surface area contributed by atoms with Gasteiger partial charge in [-0.25, -0.2) is 0 Å². The van der Waals surface area contributed by atoms with Crippen LogP contribution in [0.3, 0.4) is 0 Å². The van der Waals surface area contributed by atoms with Gasteiger partial charge in [-0.2, -0.15) is 13.2 Å². The van der Waals surface area contributed by atoms with E-state index in [2.05, 4.69) is 11.1 Å². The van der Waals surface area contributed by atoms with Crippen LogP contribution >= 0.6 is 11.8 Å². The third-order valence-electron chi connectivity index (χ3n) is 5.55. The Morgan fingerprint density at radius 2 is 1.88 bits per heavy atom. The molecule has 0 radical (unpaired) electrons. The molecule has 2 atom stereocenters. The van der Waals surface area contributed by atoms with Crippen LogP contribution in [0.4, 0.5) is 13.2 Å². The van der Waals surface area contributed by atoms with Crippen molar-refractivity contribution in [1.29, 1.82) is 0 Å². The van der Waals surface area contributed by atoms with E-state index < -0.39 is 11.7 Å². The van der Waals surface area contributed by atoms with Crippen LogP contribution in [0.15, 0.2) is 66.6 Å². The molecule has 174 valence electrons. The first-order chi connectivity index (χ1) is 15.8. The fourth-order valence-electron chi connectivity index (χ4n) is 3.94. The normalized spacial score (nSPS) is 17.8. The number of hydrogen-bond acceptors (Lipinski definition) is 6. The molecule has 1 aliphatic heterocycles. The molecule has 0 amide bonds. The molecule has 3 aromatic rings. The van der Waals surface area contributed by atoms with Crippen molar-refractivity contribution in [3.63, 3.8) is 0 Å². The average Bonchev–Trinajstić information content (AvgIpc) is 3.08. The zero-order chi connectivity index (χ0) is 23.6. The van der Waals surface area contributed by atoms with Gasteiger partial charge in [-0.3, -0.25) is 4.98 Å². The van der Waals surface area contributed by atoms with Crippen LogP contribution in [0, 0.1) is 0 Å². The molecular weight excluding hydrogens is 449 g/mol. The lowest BCUT2D eigenvalue weighted by Crippen LogP contribution is -2.44. The van der Waals surface area contributed by atoms with E-state index in [1.807, 2.05) is 29.3 Å². The summed E-state index contributed by atoms with van der Waals surface area (Å²) in [5.41, 5.74) is 14.6. The molecule has 0 fully saturated rings. The van der Waals surface area contributed by atoms with E-state index in [4.69, 9.17) is 16.2 Å². The minimum atomic E-state index is -4.35. The number of aromatic nitrogens is 1. The predicted octanol–water partition coefficient (Wildman–Crippen LogP) is 4.43. The van der Waals surface area contributed by atoms with E-state index in [0.717, 1.165) is 44.6 Å². The third-order valence-corrected chi connectivity index (χ3v) is 6.75. The van der Waals surface area contributed by atoms with E-state index in [-0.39, 0.29) is 11.5 Å². The van der Waals surface area contributed by atoms with Gasteiger partial charge in [0.25, 0.3) is 0 Å². The average molecular weight is 475 g/mol. The van der Waals surface area contributed by atoms with Gasteiger partial charge >= 0.3 is 6.18 Å². The molecule has 1 unspecified atom stereocenters. The van der Waals surface area contributed by atoms with E-state index in [9.17, 15) is 13.2 Å². The van der Waals surface area contributed by atoms with Crippen molar-refractivity contribution in [2.75, 3.05) is 20.3 Å². The Kier molecular flexibility index (Phi) is 6.94. The minimum absolute atomic E-state index is 0.317. The van der Waals surface area contributed by atoms with Crippen molar-refractivity contribution in [3.05, 3.63) is 83.3 Å². The number of pyridine rings is 1. The van der Waals surface area contributed by atoms with Crippen molar-refractivity contribution in [1.82, 2.24) is 9.88 Å². The van der Waals surface area contributed by atoms with Crippen LogP contribution < -0.4 is 11.5 Å². The highest BCUT2D eigenvalue weighted by Gasteiger charge is 2.32. The number of nitrogens with zero attached hydrogens (tertiary/aromatic N) is 2. The molecule has 33 heavy (non-hydrogen) atoms. The second kappa shape index (κ2) is 9.72. The molecule has 0 bridgehead atoms. The maximum atomic E-state index is 12.8. The molecule has 4 N–H and O–H groups in total. The largest absolute Gasteiger partial charge is 0.416 e. The Morgan fingerprint density at radius 1 is 1.12 bits per heavy atom. The number of benzene rings is 2. The van der Waals surface area contributed by atoms with Crippen molar-refractivity contribution in [2.45, 2.75) is 24.1 Å². The topological polar surface area (TPSA) is 77.4 Å². The number of nitrogens with two attached hydrogens (primary N) is 2. The lowest BCUT2D eigenvalue weighted by Gasteiger charge is -2.29. The Balaban J connectivity index is 1.53. The fraction of sp³-hybridized carbons (Fsp3) is 0.292. The van der Waals surface area contributed by atoms with Crippen molar-refractivity contribution in [3.8, 4) is 0 Å². The van der Waals surface area contributed by atoms with Crippen LogP contribution in [0.25, 0.3) is 15.7 Å². The van der Waals surface area contributed by atoms with Crippen molar-refractivity contribution < 1.29 is 17.9 Å². The summed E-state index contributed by atoms with van der Waals surface area (Å²) in [6, 6.07) is 12.9. The Hall–Kier alpha value is -2.59. The molecular formula is C24H25F3N4OS. The second-order valence-electron chi connectivity index (χ2n) is 7.97. The zero-order valence-corrected chi connectivity index (χ0v) is 18.9.